The van der Waals surface area contributed by atoms with Crippen LogP contribution < -0.4 is 14.8 Å². The zero-order chi connectivity index (χ0) is 32.3. The van der Waals surface area contributed by atoms with Crippen molar-refractivity contribution < 1.29 is 24.2 Å². The van der Waals surface area contributed by atoms with Crippen molar-refractivity contribution >= 4 is 17.5 Å². The number of hydrogen-bond acceptors (Lipinski definition) is 7. The van der Waals surface area contributed by atoms with Crippen LogP contribution in [0.3, 0.4) is 0 Å². The molecule has 0 spiro atoms. The molecule has 0 radical (unpaired) electrons. The predicted octanol–water partition coefficient (Wildman–Crippen LogP) is 5.04. The first-order valence-electron chi connectivity index (χ1n) is 15.8. The molecule has 45 heavy (non-hydrogen) atoms. The number of carbonyl (C=O) groups excluding carboxylic acids is 2. The zero-order valence-corrected chi connectivity index (χ0v) is 27.2. The quantitative estimate of drug-likeness (QED) is 0.278. The lowest BCUT2D eigenvalue weighted by atomic mass is 10.0. The molecule has 3 atom stereocenters. The highest BCUT2D eigenvalue weighted by Gasteiger charge is 2.31. The Morgan fingerprint density at radius 2 is 1.78 bits per heavy atom. The summed E-state index contributed by atoms with van der Waals surface area (Å²) in [4.78, 5) is 32.1. The van der Waals surface area contributed by atoms with Gasteiger partial charge in [-0.2, -0.15) is 0 Å². The summed E-state index contributed by atoms with van der Waals surface area (Å²) >= 11 is 0. The van der Waals surface area contributed by atoms with Crippen LogP contribution in [0.5, 0.6) is 17.2 Å². The fraction of sp³-hybridized carbons (Fsp3) is 0.444. The predicted molar refractivity (Wildman–Crippen MR) is 178 cm³/mol. The van der Waals surface area contributed by atoms with E-state index in [2.05, 4.69) is 41.2 Å². The molecule has 4 rings (SSSR count). The second kappa shape index (κ2) is 16.4. The molecule has 3 aromatic carbocycles. The molecule has 1 aliphatic rings. The fourth-order valence-electron chi connectivity index (χ4n) is 5.48. The molecule has 9 nitrogen and oxygen atoms in total. The maximum atomic E-state index is 13.5. The van der Waals surface area contributed by atoms with Crippen LogP contribution in [0.1, 0.15) is 37.8 Å². The van der Waals surface area contributed by atoms with Crippen molar-refractivity contribution in [3.63, 3.8) is 0 Å². The molecule has 0 saturated carbocycles. The zero-order valence-electron chi connectivity index (χ0n) is 27.2. The molecule has 0 bridgehead atoms. The molecule has 1 aliphatic heterocycles. The molecular formula is C36H48N4O5. The number of ether oxygens (including phenoxy) is 2. The highest BCUT2D eigenvalue weighted by Crippen LogP contribution is 2.30. The maximum absolute atomic E-state index is 13.5. The van der Waals surface area contributed by atoms with Crippen molar-refractivity contribution in [2.24, 2.45) is 5.92 Å². The number of hydrogen-bond donors (Lipinski definition) is 2. The third-order valence-electron chi connectivity index (χ3n) is 8.06. The molecule has 0 fully saturated rings. The van der Waals surface area contributed by atoms with Gasteiger partial charge in [-0.1, -0.05) is 37.3 Å². The van der Waals surface area contributed by atoms with Gasteiger partial charge in [-0.25, -0.2) is 0 Å². The molecular weight excluding hydrogens is 568 g/mol. The summed E-state index contributed by atoms with van der Waals surface area (Å²) in [5, 5.41) is 12.9. The van der Waals surface area contributed by atoms with Gasteiger partial charge in [-0.15, -0.1) is 0 Å². The number of likely N-dealkylation sites (N-methyl/N-ethyl adjacent to an activating group) is 1. The third kappa shape index (κ3) is 10.3. The minimum atomic E-state index is -0.323. The van der Waals surface area contributed by atoms with Crippen LogP contribution in [0.15, 0.2) is 72.8 Å². The van der Waals surface area contributed by atoms with E-state index in [0.29, 0.717) is 37.5 Å². The van der Waals surface area contributed by atoms with Crippen molar-refractivity contribution in [3.05, 3.63) is 83.9 Å². The minimum absolute atomic E-state index is 0.00549. The summed E-state index contributed by atoms with van der Waals surface area (Å²) in [6.07, 6.45) is 1.08. The number of aliphatic hydroxyl groups is 1. The average molecular weight is 617 g/mol. The van der Waals surface area contributed by atoms with Gasteiger partial charge in [0.25, 0.3) is 0 Å². The van der Waals surface area contributed by atoms with E-state index in [1.165, 1.54) is 0 Å². The first-order chi connectivity index (χ1) is 21.6. The van der Waals surface area contributed by atoms with Crippen LogP contribution in [0.2, 0.25) is 0 Å². The number of benzene rings is 3. The summed E-state index contributed by atoms with van der Waals surface area (Å²) in [6, 6.07) is 23.0. The highest BCUT2D eigenvalue weighted by molar-refractivity contribution is 5.91. The monoisotopic (exact) mass is 616 g/mol. The Bertz CT molecular complexity index is 1380. The Hall–Kier alpha value is -3.92. The van der Waals surface area contributed by atoms with Gasteiger partial charge in [-0.05, 0) is 89.1 Å². The topological polar surface area (TPSA) is 94.6 Å². The van der Waals surface area contributed by atoms with Gasteiger partial charge in [0.15, 0.2) is 0 Å². The second-order valence-electron chi connectivity index (χ2n) is 12.4. The number of aliphatic hydroxyl groups excluding tert-OH is 1. The SMILES string of the molecule is C[C@H](CO)N1C[C@H](C)[C@H](CN(C)Cc2ccc(Oc3ccccc3)cc2)Oc2ccc(NC(=O)CCCN(C)C)cc2CC1=O. The Kier molecular flexibility index (Phi) is 12.4. The maximum Gasteiger partial charge on any atom is 0.227 e. The van der Waals surface area contributed by atoms with Crippen molar-refractivity contribution in [2.75, 3.05) is 52.7 Å². The lowest BCUT2D eigenvalue weighted by Crippen LogP contribution is -2.47. The number of rotatable bonds is 13. The van der Waals surface area contributed by atoms with Crippen molar-refractivity contribution in [1.82, 2.24) is 14.7 Å². The van der Waals surface area contributed by atoms with Crippen LogP contribution in [0.25, 0.3) is 0 Å². The first kappa shape index (κ1) is 34.0. The smallest absolute Gasteiger partial charge is 0.227 e. The van der Waals surface area contributed by atoms with Gasteiger partial charge in [0.2, 0.25) is 11.8 Å². The van der Waals surface area contributed by atoms with E-state index < -0.39 is 0 Å². The largest absolute Gasteiger partial charge is 0.488 e. The molecule has 9 heteroatoms. The number of para-hydroxylation sites is 1. The highest BCUT2D eigenvalue weighted by atomic mass is 16.5. The first-order valence-corrected chi connectivity index (χ1v) is 15.8. The second-order valence-corrected chi connectivity index (χ2v) is 12.4. The number of nitrogens with zero attached hydrogens (tertiary/aromatic N) is 3. The summed E-state index contributed by atoms with van der Waals surface area (Å²) in [5.74, 6) is 2.08. The van der Waals surface area contributed by atoms with E-state index in [4.69, 9.17) is 9.47 Å². The minimum Gasteiger partial charge on any atom is -0.488 e. The number of anilines is 1. The van der Waals surface area contributed by atoms with Gasteiger partial charge in [0.05, 0.1) is 19.1 Å². The molecule has 0 saturated heterocycles. The van der Waals surface area contributed by atoms with Crippen LogP contribution in [-0.4, -0.2) is 91.2 Å². The average Bonchev–Trinajstić information content (AvgIpc) is 3.05. The molecule has 1 heterocycles. The third-order valence-corrected chi connectivity index (χ3v) is 8.06. The van der Waals surface area contributed by atoms with Crippen molar-refractivity contribution in [1.29, 1.82) is 0 Å². The van der Waals surface area contributed by atoms with E-state index in [1.54, 1.807) is 4.90 Å². The Labute approximate surface area is 267 Å². The lowest BCUT2D eigenvalue weighted by molar-refractivity contribution is -0.134. The molecule has 0 unspecified atom stereocenters. The number of amides is 2. The summed E-state index contributed by atoms with van der Waals surface area (Å²) in [6.45, 7) is 6.47. The van der Waals surface area contributed by atoms with Crippen LogP contribution in [0.4, 0.5) is 5.69 Å². The Morgan fingerprint density at radius 3 is 2.47 bits per heavy atom. The number of fused-ring (bicyclic) bond motifs is 1. The molecule has 0 aliphatic carbocycles. The van der Waals surface area contributed by atoms with Gasteiger partial charge in [-0.3, -0.25) is 14.5 Å². The lowest BCUT2D eigenvalue weighted by Gasteiger charge is -2.34. The molecule has 0 aromatic heterocycles. The van der Waals surface area contributed by atoms with Crippen molar-refractivity contribution in [3.8, 4) is 17.2 Å². The van der Waals surface area contributed by atoms with Crippen LogP contribution in [0, 0.1) is 5.92 Å². The molecule has 3 aromatic rings. The van der Waals surface area contributed by atoms with E-state index in [0.717, 1.165) is 35.6 Å². The summed E-state index contributed by atoms with van der Waals surface area (Å²) in [7, 11) is 6.03. The molecule has 242 valence electrons. The standard InChI is InChI=1S/C36H48N4O5/c1-26-22-40(27(2)25-41)36(43)21-29-20-30(37-35(42)12-9-19-38(3)4)15-18-33(29)45-34(26)24-39(5)23-28-13-16-32(17-14-28)44-31-10-7-6-8-11-31/h6-8,10-11,13-18,20,26-27,34,41H,9,12,19,21-25H2,1-5H3,(H,37,42)/t26-,27+,34-/m0/s1. The van der Waals surface area contributed by atoms with Gasteiger partial charge in [0.1, 0.15) is 23.4 Å². The Balaban J connectivity index is 1.48. The normalized spacial score (nSPS) is 17.6. The van der Waals surface area contributed by atoms with Gasteiger partial charge < -0.3 is 29.7 Å². The van der Waals surface area contributed by atoms with Gasteiger partial charge >= 0.3 is 0 Å². The van der Waals surface area contributed by atoms with Crippen molar-refractivity contribution in [2.45, 2.75) is 51.8 Å². The summed E-state index contributed by atoms with van der Waals surface area (Å²) in [5.41, 5.74) is 2.50. The Morgan fingerprint density at radius 1 is 1.07 bits per heavy atom. The number of nitrogens with one attached hydrogen (secondary N) is 1. The fourth-order valence-corrected chi connectivity index (χ4v) is 5.48. The van der Waals surface area contributed by atoms with E-state index in [1.807, 2.05) is 81.7 Å². The van der Waals surface area contributed by atoms with Crippen LogP contribution >= 0.6 is 0 Å². The number of carbonyl (C=O) groups is 2. The molecule has 2 N–H and O–H groups in total. The van der Waals surface area contributed by atoms with E-state index in [-0.39, 0.29) is 42.9 Å². The van der Waals surface area contributed by atoms with Gasteiger partial charge in [0, 0.05) is 43.2 Å². The van der Waals surface area contributed by atoms with Crippen LogP contribution in [-0.2, 0) is 22.6 Å². The van der Waals surface area contributed by atoms with E-state index in [9.17, 15) is 14.7 Å². The van der Waals surface area contributed by atoms with E-state index >= 15 is 0 Å². The molecule has 2 amide bonds. The summed E-state index contributed by atoms with van der Waals surface area (Å²) < 4.78 is 12.6.